The Morgan fingerprint density at radius 1 is 1.00 bits per heavy atom. The molecule has 4 rings (SSSR count). The average Bonchev–Trinajstić information content (AvgIpc) is 3.09. The largest absolute Gasteiger partial charge is 0.389 e. The van der Waals surface area contributed by atoms with E-state index in [1.54, 1.807) is 0 Å². The van der Waals surface area contributed by atoms with Gasteiger partial charge in [0.1, 0.15) is 5.82 Å². The Labute approximate surface area is 149 Å². The molecule has 0 unspecified atom stereocenters. The van der Waals surface area contributed by atoms with Gasteiger partial charge in [-0.2, -0.15) is 4.98 Å². The van der Waals surface area contributed by atoms with Gasteiger partial charge in [-0.25, -0.2) is 4.98 Å². The van der Waals surface area contributed by atoms with Gasteiger partial charge in [-0.1, -0.05) is 12.8 Å². The van der Waals surface area contributed by atoms with E-state index in [-0.39, 0.29) is 0 Å². The van der Waals surface area contributed by atoms with Crippen molar-refractivity contribution in [3.05, 3.63) is 12.3 Å². The SMILES string of the molecule is OC1(CN2CCN(c3ccnc(N4CCOCC4)n3)CC2)CCCC1. The number of hydrogen-bond donors (Lipinski definition) is 1. The molecule has 7 nitrogen and oxygen atoms in total. The van der Waals surface area contributed by atoms with Gasteiger partial charge in [0.15, 0.2) is 0 Å². The summed E-state index contributed by atoms with van der Waals surface area (Å²) in [7, 11) is 0. The Hall–Kier alpha value is -1.44. The number of aromatic nitrogens is 2. The molecule has 25 heavy (non-hydrogen) atoms. The lowest BCUT2D eigenvalue weighted by molar-refractivity contribution is 0.00799. The minimum absolute atomic E-state index is 0.444. The molecule has 2 aliphatic heterocycles. The third-order valence-corrected chi connectivity index (χ3v) is 5.67. The van der Waals surface area contributed by atoms with Crippen LogP contribution in [0.15, 0.2) is 12.3 Å². The second kappa shape index (κ2) is 7.43. The van der Waals surface area contributed by atoms with E-state index in [1.165, 1.54) is 12.8 Å². The number of anilines is 2. The first-order chi connectivity index (χ1) is 12.2. The topological polar surface area (TPSA) is 65.0 Å². The molecule has 0 radical (unpaired) electrons. The molecule has 1 aromatic heterocycles. The average molecular weight is 347 g/mol. The number of piperazine rings is 1. The summed E-state index contributed by atoms with van der Waals surface area (Å²) in [5.41, 5.74) is -0.444. The molecule has 3 aliphatic rings. The van der Waals surface area contributed by atoms with Gasteiger partial charge >= 0.3 is 0 Å². The summed E-state index contributed by atoms with van der Waals surface area (Å²) in [6, 6.07) is 2.00. The van der Waals surface area contributed by atoms with E-state index in [1.807, 2.05) is 12.3 Å². The number of nitrogens with zero attached hydrogens (tertiary/aromatic N) is 5. The molecule has 0 spiro atoms. The van der Waals surface area contributed by atoms with Crippen LogP contribution in [-0.2, 0) is 4.74 Å². The summed E-state index contributed by atoms with van der Waals surface area (Å²) < 4.78 is 5.41. The summed E-state index contributed by atoms with van der Waals surface area (Å²) in [5.74, 6) is 1.82. The van der Waals surface area contributed by atoms with Crippen molar-refractivity contribution in [2.45, 2.75) is 31.3 Å². The highest BCUT2D eigenvalue weighted by molar-refractivity contribution is 5.44. The highest BCUT2D eigenvalue weighted by Gasteiger charge is 2.34. The zero-order valence-electron chi connectivity index (χ0n) is 14.9. The molecule has 0 atom stereocenters. The minimum Gasteiger partial charge on any atom is -0.389 e. The Balaban J connectivity index is 1.34. The van der Waals surface area contributed by atoms with E-state index in [0.717, 1.165) is 83.6 Å². The zero-order chi connectivity index (χ0) is 17.1. The fourth-order valence-corrected chi connectivity index (χ4v) is 4.17. The van der Waals surface area contributed by atoms with Crippen molar-refractivity contribution >= 4 is 11.8 Å². The van der Waals surface area contributed by atoms with Crippen LogP contribution in [0.1, 0.15) is 25.7 Å². The van der Waals surface area contributed by atoms with E-state index in [4.69, 9.17) is 9.72 Å². The van der Waals surface area contributed by atoms with Crippen molar-refractivity contribution in [3.63, 3.8) is 0 Å². The van der Waals surface area contributed by atoms with Crippen molar-refractivity contribution in [2.24, 2.45) is 0 Å². The molecule has 3 heterocycles. The predicted octanol–water partition coefficient (Wildman–Crippen LogP) is 0.740. The highest BCUT2D eigenvalue weighted by Crippen LogP contribution is 2.30. The smallest absolute Gasteiger partial charge is 0.227 e. The molecular formula is C18H29N5O2. The van der Waals surface area contributed by atoms with Crippen LogP contribution in [-0.4, -0.2) is 84.6 Å². The summed E-state index contributed by atoms with van der Waals surface area (Å²) in [6.07, 6.45) is 6.12. The molecule has 1 aromatic rings. The molecule has 2 saturated heterocycles. The summed E-state index contributed by atoms with van der Waals surface area (Å²) >= 11 is 0. The number of aliphatic hydroxyl groups is 1. The first kappa shape index (κ1) is 17.0. The van der Waals surface area contributed by atoms with Gasteiger partial charge in [-0.15, -0.1) is 0 Å². The molecule has 3 fully saturated rings. The molecular weight excluding hydrogens is 318 g/mol. The highest BCUT2D eigenvalue weighted by atomic mass is 16.5. The van der Waals surface area contributed by atoms with E-state index < -0.39 is 5.60 Å². The first-order valence-electron chi connectivity index (χ1n) is 9.57. The summed E-state index contributed by atoms with van der Waals surface area (Å²) in [5, 5.41) is 10.6. The maximum Gasteiger partial charge on any atom is 0.227 e. The molecule has 1 N–H and O–H groups in total. The summed E-state index contributed by atoms with van der Waals surface area (Å²) in [4.78, 5) is 16.2. The Morgan fingerprint density at radius 2 is 1.72 bits per heavy atom. The van der Waals surface area contributed by atoms with E-state index >= 15 is 0 Å². The predicted molar refractivity (Wildman–Crippen MR) is 97.1 cm³/mol. The van der Waals surface area contributed by atoms with Crippen molar-refractivity contribution < 1.29 is 9.84 Å². The zero-order valence-corrected chi connectivity index (χ0v) is 14.9. The molecule has 7 heteroatoms. The second-order valence-electron chi connectivity index (χ2n) is 7.51. The lowest BCUT2D eigenvalue weighted by Crippen LogP contribution is -2.51. The van der Waals surface area contributed by atoms with Crippen LogP contribution >= 0.6 is 0 Å². The molecule has 0 aromatic carbocycles. The maximum absolute atomic E-state index is 10.6. The second-order valence-corrected chi connectivity index (χ2v) is 7.51. The van der Waals surface area contributed by atoms with Crippen LogP contribution in [0.25, 0.3) is 0 Å². The fraction of sp³-hybridized carbons (Fsp3) is 0.778. The van der Waals surface area contributed by atoms with Crippen LogP contribution < -0.4 is 9.80 Å². The van der Waals surface area contributed by atoms with Gasteiger partial charge in [-0.3, -0.25) is 4.90 Å². The fourth-order valence-electron chi connectivity index (χ4n) is 4.17. The molecule has 1 aliphatic carbocycles. The van der Waals surface area contributed by atoms with Gasteiger partial charge in [0.2, 0.25) is 5.95 Å². The van der Waals surface area contributed by atoms with Gasteiger partial charge in [0.05, 0.1) is 18.8 Å². The van der Waals surface area contributed by atoms with Crippen LogP contribution in [0.5, 0.6) is 0 Å². The van der Waals surface area contributed by atoms with Gasteiger partial charge < -0.3 is 19.6 Å². The van der Waals surface area contributed by atoms with Crippen molar-refractivity contribution in [1.29, 1.82) is 0 Å². The number of rotatable bonds is 4. The Kier molecular flexibility index (Phi) is 5.05. The van der Waals surface area contributed by atoms with E-state index in [9.17, 15) is 5.11 Å². The van der Waals surface area contributed by atoms with Crippen LogP contribution in [0.3, 0.4) is 0 Å². The quantitative estimate of drug-likeness (QED) is 0.862. The number of β-amino-alcohol motifs (C(OH)–C–C–N with tert-alkyl or cyclic N) is 1. The number of ether oxygens (including phenoxy) is 1. The van der Waals surface area contributed by atoms with Crippen molar-refractivity contribution in [1.82, 2.24) is 14.9 Å². The van der Waals surface area contributed by atoms with Crippen LogP contribution in [0, 0.1) is 0 Å². The van der Waals surface area contributed by atoms with Crippen LogP contribution in [0.2, 0.25) is 0 Å². The molecule has 138 valence electrons. The van der Waals surface area contributed by atoms with Gasteiger partial charge in [0, 0.05) is 52.0 Å². The lowest BCUT2D eigenvalue weighted by Gasteiger charge is -2.39. The first-order valence-corrected chi connectivity index (χ1v) is 9.57. The Morgan fingerprint density at radius 3 is 2.44 bits per heavy atom. The Bertz CT molecular complexity index is 564. The van der Waals surface area contributed by atoms with Crippen molar-refractivity contribution in [3.8, 4) is 0 Å². The molecule has 0 amide bonds. The van der Waals surface area contributed by atoms with E-state index in [2.05, 4.69) is 19.7 Å². The lowest BCUT2D eigenvalue weighted by atomic mass is 10.0. The number of morpholine rings is 1. The maximum atomic E-state index is 10.6. The minimum atomic E-state index is -0.444. The standard InChI is InChI=1S/C18H29N5O2/c24-18(4-1-2-5-18)15-21-7-9-22(10-8-21)16-3-6-19-17(20-16)23-11-13-25-14-12-23/h3,6,24H,1-2,4-5,7-15H2. The third-order valence-electron chi connectivity index (χ3n) is 5.67. The molecule has 0 bridgehead atoms. The monoisotopic (exact) mass is 347 g/mol. The molecule has 1 saturated carbocycles. The van der Waals surface area contributed by atoms with E-state index in [0.29, 0.717) is 0 Å². The van der Waals surface area contributed by atoms with Crippen LogP contribution in [0.4, 0.5) is 11.8 Å². The van der Waals surface area contributed by atoms with Gasteiger partial charge in [0.25, 0.3) is 0 Å². The normalized spacial score (nSPS) is 24.7. The summed E-state index contributed by atoms with van der Waals surface area (Å²) in [6.45, 7) is 7.91. The number of hydrogen-bond acceptors (Lipinski definition) is 7. The van der Waals surface area contributed by atoms with Crippen molar-refractivity contribution in [2.75, 3.05) is 68.8 Å². The third kappa shape index (κ3) is 4.04. The van der Waals surface area contributed by atoms with Gasteiger partial charge in [-0.05, 0) is 18.9 Å².